The first kappa shape index (κ1) is 22.9. The van der Waals surface area contributed by atoms with Gasteiger partial charge in [-0.25, -0.2) is 4.79 Å². The first-order valence-corrected chi connectivity index (χ1v) is 9.74. The van der Waals surface area contributed by atoms with Crippen LogP contribution in [0.15, 0.2) is 48.5 Å². The van der Waals surface area contributed by atoms with Crippen molar-refractivity contribution in [2.24, 2.45) is 5.92 Å². The van der Waals surface area contributed by atoms with Gasteiger partial charge < -0.3 is 20.1 Å². The number of ether oxygens (including phenoxy) is 2. The maximum absolute atomic E-state index is 12.7. The zero-order valence-corrected chi connectivity index (χ0v) is 17.9. The summed E-state index contributed by atoms with van der Waals surface area (Å²) in [4.78, 5) is 37.6. The summed E-state index contributed by atoms with van der Waals surface area (Å²) < 4.78 is 10.4. The van der Waals surface area contributed by atoms with Gasteiger partial charge in [-0.1, -0.05) is 32.0 Å². The molecule has 2 rings (SSSR count). The van der Waals surface area contributed by atoms with E-state index in [1.807, 2.05) is 19.1 Å². The number of aryl methyl sites for hydroxylation is 1. The number of carbonyl (C=O) groups excluding carboxylic acids is 3. The van der Waals surface area contributed by atoms with E-state index in [9.17, 15) is 14.4 Å². The molecule has 0 aromatic heterocycles. The first-order valence-electron chi connectivity index (χ1n) is 9.74. The van der Waals surface area contributed by atoms with Crippen molar-refractivity contribution < 1.29 is 23.9 Å². The first-order chi connectivity index (χ1) is 14.2. The molecular formula is C23H28N2O5. The van der Waals surface area contributed by atoms with Gasteiger partial charge in [0, 0.05) is 11.3 Å². The molecule has 2 atom stereocenters. The molecule has 0 aliphatic heterocycles. The van der Waals surface area contributed by atoms with Crippen LogP contribution in [0.3, 0.4) is 0 Å². The predicted molar refractivity (Wildman–Crippen MR) is 114 cm³/mol. The van der Waals surface area contributed by atoms with Crippen LogP contribution < -0.4 is 15.4 Å². The Morgan fingerprint density at radius 1 is 0.933 bits per heavy atom. The Balaban J connectivity index is 2.00. The van der Waals surface area contributed by atoms with Crippen LogP contribution in [0.25, 0.3) is 0 Å². The topological polar surface area (TPSA) is 93.7 Å². The fourth-order valence-corrected chi connectivity index (χ4v) is 2.76. The number of esters is 1. The van der Waals surface area contributed by atoms with Crippen LogP contribution >= 0.6 is 0 Å². The zero-order valence-electron chi connectivity index (χ0n) is 17.9. The summed E-state index contributed by atoms with van der Waals surface area (Å²) in [6, 6.07) is 13.0. The van der Waals surface area contributed by atoms with Crippen LogP contribution in [-0.2, 0) is 14.3 Å². The van der Waals surface area contributed by atoms with Crippen molar-refractivity contribution >= 4 is 23.5 Å². The minimum atomic E-state index is -1.03. The molecule has 30 heavy (non-hydrogen) atoms. The van der Waals surface area contributed by atoms with Gasteiger partial charge in [0.15, 0.2) is 6.10 Å². The van der Waals surface area contributed by atoms with Crippen LogP contribution in [-0.4, -0.2) is 37.0 Å². The molecule has 0 bridgehead atoms. The van der Waals surface area contributed by atoms with Gasteiger partial charge in [-0.2, -0.15) is 0 Å². The molecule has 7 nitrogen and oxygen atoms in total. The largest absolute Gasteiger partial charge is 0.497 e. The summed E-state index contributed by atoms with van der Waals surface area (Å²) in [6.45, 7) is 6.90. The maximum atomic E-state index is 12.7. The summed E-state index contributed by atoms with van der Waals surface area (Å²) in [5.74, 6) is -1.05. The highest BCUT2D eigenvalue weighted by Gasteiger charge is 2.29. The molecule has 0 saturated carbocycles. The summed E-state index contributed by atoms with van der Waals surface area (Å²) in [7, 11) is 1.55. The molecule has 7 heteroatoms. The van der Waals surface area contributed by atoms with E-state index >= 15 is 0 Å². The standard InChI is InChI=1S/C23H28N2O5/c1-14(2)20(25-22(27)19-9-7-6-8-15(19)3)23(28)30-16(4)21(26)24-17-10-12-18(29-5)13-11-17/h6-14,16,20H,1-5H3,(H,24,26)(H,25,27)/t16-,20-/m0/s1. The lowest BCUT2D eigenvalue weighted by molar-refractivity contribution is -0.156. The van der Waals surface area contributed by atoms with E-state index in [2.05, 4.69) is 10.6 Å². The molecular weight excluding hydrogens is 384 g/mol. The third kappa shape index (κ3) is 6.07. The van der Waals surface area contributed by atoms with Crippen LogP contribution in [0.2, 0.25) is 0 Å². The lowest BCUT2D eigenvalue weighted by Crippen LogP contribution is -2.47. The van der Waals surface area contributed by atoms with E-state index in [-0.39, 0.29) is 11.8 Å². The molecule has 0 spiro atoms. The number of amides is 2. The summed E-state index contributed by atoms with van der Waals surface area (Å²) in [6.07, 6.45) is -1.03. The van der Waals surface area contributed by atoms with Gasteiger partial charge in [0.2, 0.25) is 0 Å². The number of carbonyl (C=O) groups is 3. The van der Waals surface area contributed by atoms with Crippen molar-refractivity contribution in [3.8, 4) is 5.75 Å². The van der Waals surface area contributed by atoms with Crippen LogP contribution in [0.4, 0.5) is 5.69 Å². The van der Waals surface area contributed by atoms with Gasteiger partial charge in [0.25, 0.3) is 11.8 Å². The molecule has 2 aromatic rings. The Morgan fingerprint density at radius 2 is 1.57 bits per heavy atom. The average molecular weight is 412 g/mol. The average Bonchev–Trinajstić information content (AvgIpc) is 2.72. The lowest BCUT2D eigenvalue weighted by Gasteiger charge is -2.23. The molecule has 0 aliphatic rings. The Hall–Kier alpha value is -3.35. The van der Waals surface area contributed by atoms with Crippen LogP contribution in [0.1, 0.15) is 36.7 Å². The number of methoxy groups -OCH3 is 1. The van der Waals surface area contributed by atoms with Crippen molar-refractivity contribution in [3.05, 3.63) is 59.7 Å². The van der Waals surface area contributed by atoms with Crippen molar-refractivity contribution in [2.75, 3.05) is 12.4 Å². The van der Waals surface area contributed by atoms with E-state index in [0.717, 1.165) is 5.56 Å². The highest BCUT2D eigenvalue weighted by Crippen LogP contribution is 2.16. The normalized spacial score (nSPS) is 12.6. The molecule has 0 unspecified atom stereocenters. The van der Waals surface area contributed by atoms with Crippen molar-refractivity contribution in [2.45, 2.75) is 39.8 Å². The number of hydrogen-bond donors (Lipinski definition) is 2. The van der Waals surface area contributed by atoms with Gasteiger partial charge in [-0.3, -0.25) is 9.59 Å². The van der Waals surface area contributed by atoms with Gasteiger partial charge >= 0.3 is 5.97 Å². The minimum absolute atomic E-state index is 0.220. The predicted octanol–water partition coefficient (Wildman–Crippen LogP) is 3.33. The second-order valence-electron chi connectivity index (χ2n) is 7.31. The molecule has 0 radical (unpaired) electrons. The second-order valence-corrected chi connectivity index (χ2v) is 7.31. The minimum Gasteiger partial charge on any atom is -0.497 e. The molecule has 0 aliphatic carbocycles. The Bertz CT molecular complexity index is 893. The molecule has 160 valence electrons. The molecule has 0 fully saturated rings. The zero-order chi connectivity index (χ0) is 22.3. The number of hydrogen-bond acceptors (Lipinski definition) is 5. The van der Waals surface area contributed by atoms with Gasteiger partial charge in [0.1, 0.15) is 11.8 Å². The van der Waals surface area contributed by atoms with Gasteiger partial charge in [-0.15, -0.1) is 0 Å². The Kier molecular flexibility index (Phi) is 7.98. The Labute approximate surface area is 176 Å². The third-order valence-corrected chi connectivity index (χ3v) is 4.62. The van der Waals surface area contributed by atoms with E-state index in [0.29, 0.717) is 17.0 Å². The highest BCUT2D eigenvalue weighted by atomic mass is 16.5. The summed E-state index contributed by atoms with van der Waals surface area (Å²) >= 11 is 0. The highest BCUT2D eigenvalue weighted by molar-refractivity contribution is 5.99. The summed E-state index contributed by atoms with van der Waals surface area (Å²) in [5, 5.41) is 5.40. The van der Waals surface area contributed by atoms with Crippen molar-refractivity contribution in [1.82, 2.24) is 5.32 Å². The van der Waals surface area contributed by atoms with E-state index in [4.69, 9.17) is 9.47 Å². The molecule has 2 amide bonds. The fourth-order valence-electron chi connectivity index (χ4n) is 2.76. The Morgan fingerprint density at radius 3 is 2.13 bits per heavy atom. The van der Waals surface area contributed by atoms with Crippen LogP contribution in [0.5, 0.6) is 5.75 Å². The maximum Gasteiger partial charge on any atom is 0.329 e. The van der Waals surface area contributed by atoms with Crippen molar-refractivity contribution in [1.29, 1.82) is 0 Å². The smallest absolute Gasteiger partial charge is 0.329 e. The van der Waals surface area contributed by atoms with E-state index in [1.54, 1.807) is 57.4 Å². The molecule has 2 N–H and O–H groups in total. The number of anilines is 1. The lowest BCUT2D eigenvalue weighted by atomic mass is 10.0. The number of rotatable bonds is 8. The summed E-state index contributed by atoms with van der Waals surface area (Å²) in [5.41, 5.74) is 1.84. The number of nitrogens with one attached hydrogen (secondary N) is 2. The molecule has 0 heterocycles. The van der Waals surface area contributed by atoms with Crippen molar-refractivity contribution in [3.63, 3.8) is 0 Å². The van der Waals surface area contributed by atoms with E-state index in [1.165, 1.54) is 6.92 Å². The van der Waals surface area contributed by atoms with Crippen LogP contribution in [0, 0.1) is 12.8 Å². The monoisotopic (exact) mass is 412 g/mol. The van der Waals surface area contributed by atoms with Gasteiger partial charge in [-0.05, 0) is 55.7 Å². The fraction of sp³-hybridized carbons (Fsp3) is 0.348. The second kappa shape index (κ2) is 10.4. The molecule has 0 saturated heterocycles. The SMILES string of the molecule is COc1ccc(NC(=O)[C@H](C)OC(=O)[C@@H](NC(=O)c2ccccc2C)C(C)C)cc1. The number of benzene rings is 2. The quantitative estimate of drug-likeness (QED) is 0.649. The van der Waals surface area contributed by atoms with Gasteiger partial charge in [0.05, 0.1) is 7.11 Å². The molecule has 2 aromatic carbocycles. The van der Waals surface area contributed by atoms with E-state index < -0.39 is 24.0 Å². The third-order valence-electron chi connectivity index (χ3n) is 4.62.